The molecular weight excluding hydrogens is 268 g/mol. The van der Waals surface area contributed by atoms with Gasteiger partial charge in [-0.05, 0) is 79.2 Å². The topological polar surface area (TPSA) is 26.0 Å². The Morgan fingerprint density at radius 2 is 1.81 bits per heavy atom. The van der Waals surface area contributed by atoms with E-state index in [1.54, 1.807) is 0 Å². The van der Waals surface area contributed by atoms with Crippen LogP contribution in [-0.2, 0) is 6.42 Å². The molecule has 21 heavy (non-hydrogen) atoms. The minimum atomic E-state index is -0.373. The molecule has 0 heterocycles. The molecule has 0 spiro atoms. The summed E-state index contributed by atoms with van der Waals surface area (Å²) in [5.41, 5.74) is 6.72. The van der Waals surface area contributed by atoms with E-state index in [1.165, 1.54) is 18.2 Å². The van der Waals surface area contributed by atoms with Crippen LogP contribution in [0.3, 0.4) is 0 Å². The summed E-state index contributed by atoms with van der Waals surface area (Å²) in [5.74, 6) is -0.00125. The normalized spacial score (nSPS) is 26.9. The van der Waals surface area contributed by atoms with Crippen molar-refractivity contribution in [2.45, 2.75) is 52.9 Å². The molecule has 0 radical (unpaired) electrons. The molecule has 3 heteroatoms. The number of hydrogen-bond acceptors (Lipinski definition) is 1. The fraction of sp³-hybridized carbons (Fsp3) is 0.667. The Bertz CT molecular complexity index is 482. The van der Waals surface area contributed by atoms with Crippen LogP contribution in [0.2, 0.25) is 0 Å². The van der Waals surface area contributed by atoms with E-state index in [0.717, 1.165) is 25.7 Å². The summed E-state index contributed by atoms with van der Waals surface area (Å²) in [7, 11) is 0. The second kappa shape index (κ2) is 6.04. The van der Waals surface area contributed by atoms with Crippen molar-refractivity contribution in [3.8, 4) is 0 Å². The van der Waals surface area contributed by atoms with Crippen LogP contribution in [0.4, 0.5) is 8.78 Å². The highest BCUT2D eigenvalue weighted by atomic mass is 19.1. The van der Waals surface area contributed by atoms with E-state index in [-0.39, 0.29) is 17.0 Å². The van der Waals surface area contributed by atoms with Gasteiger partial charge in [-0.2, -0.15) is 0 Å². The van der Waals surface area contributed by atoms with Crippen LogP contribution in [0.15, 0.2) is 18.2 Å². The predicted molar refractivity (Wildman–Crippen MR) is 83.0 cm³/mol. The first-order chi connectivity index (χ1) is 9.76. The van der Waals surface area contributed by atoms with Crippen LogP contribution >= 0.6 is 0 Å². The Balaban J connectivity index is 2.12. The van der Waals surface area contributed by atoms with E-state index in [9.17, 15) is 8.78 Å². The van der Waals surface area contributed by atoms with E-state index in [1.807, 2.05) is 0 Å². The first-order valence-electron chi connectivity index (χ1n) is 7.90. The fourth-order valence-corrected chi connectivity index (χ4v) is 3.63. The van der Waals surface area contributed by atoms with E-state index in [2.05, 4.69) is 20.8 Å². The van der Waals surface area contributed by atoms with Gasteiger partial charge in [0.15, 0.2) is 0 Å². The Labute approximate surface area is 126 Å². The lowest BCUT2D eigenvalue weighted by Crippen LogP contribution is -2.39. The number of nitrogens with two attached hydrogens (primary N) is 1. The highest BCUT2D eigenvalue weighted by molar-refractivity contribution is 5.20. The van der Waals surface area contributed by atoms with Crippen LogP contribution < -0.4 is 5.73 Å². The lowest BCUT2D eigenvalue weighted by molar-refractivity contribution is 0.0919. The molecule has 1 fully saturated rings. The maximum absolute atomic E-state index is 13.9. The third-order valence-electron chi connectivity index (χ3n) is 5.28. The highest BCUT2D eigenvalue weighted by Crippen LogP contribution is 2.46. The standard InChI is InChI=1S/C18H27F2N/c1-17(2,3)14-6-8-18(12-21,9-7-14)11-13-10-15(19)4-5-16(13)20/h4-5,10,14H,6-9,11-12,21H2,1-3H3. The van der Waals surface area contributed by atoms with Crippen molar-refractivity contribution < 1.29 is 8.78 Å². The van der Waals surface area contributed by atoms with Gasteiger partial charge in [0, 0.05) is 0 Å². The minimum absolute atomic E-state index is 0.0730. The summed E-state index contributed by atoms with van der Waals surface area (Å²) in [5, 5.41) is 0. The first kappa shape index (κ1) is 16.4. The van der Waals surface area contributed by atoms with Crippen LogP contribution in [0.1, 0.15) is 52.0 Å². The second-order valence-electron chi connectivity index (χ2n) is 7.76. The summed E-state index contributed by atoms with van der Waals surface area (Å²) < 4.78 is 27.2. The quantitative estimate of drug-likeness (QED) is 0.860. The highest BCUT2D eigenvalue weighted by Gasteiger charge is 2.38. The van der Waals surface area contributed by atoms with Gasteiger partial charge >= 0.3 is 0 Å². The molecule has 0 aromatic heterocycles. The molecule has 0 aliphatic heterocycles. The van der Waals surface area contributed by atoms with Gasteiger partial charge in [-0.1, -0.05) is 20.8 Å². The molecule has 1 aromatic rings. The van der Waals surface area contributed by atoms with Gasteiger partial charge in [0.1, 0.15) is 11.6 Å². The molecule has 0 saturated heterocycles. The largest absolute Gasteiger partial charge is 0.330 e. The van der Waals surface area contributed by atoms with Crippen molar-refractivity contribution in [3.63, 3.8) is 0 Å². The molecule has 1 saturated carbocycles. The van der Waals surface area contributed by atoms with Gasteiger partial charge in [-0.3, -0.25) is 0 Å². The Kier molecular flexibility index (Phi) is 4.72. The van der Waals surface area contributed by atoms with Gasteiger partial charge < -0.3 is 5.73 Å². The average molecular weight is 295 g/mol. The monoisotopic (exact) mass is 295 g/mol. The van der Waals surface area contributed by atoms with Crippen LogP contribution in [0, 0.1) is 28.4 Å². The zero-order valence-electron chi connectivity index (χ0n) is 13.4. The third-order valence-corrected chi connectivity index (χ3v) is 5.28. The summed E-state index contributed by atoms with van der Waals surface area (Å²) in [6.45, 7) is 7.37. The molecule has 1 nitrogen and oxygen atoms in total. The Morgan fingerprint density at radius 1 is 1.19 bits per heavy atom. The van der Waals surface area contributed by atoms with Crippen LogP contribution in [0.25, 0.3) is 0 Å². The van der Waals surface area contributed by atoms with E-state index in [0.29, 0.717) is 29.9 Å². The first-order valence-corrected chi connectivity index (χ1v) is 7.90. The molecule has 1 aromatic carbocycles. The number of benzene rings is 1. The summed E-state index contributed by atoms with van der Waals surface area (Å²) in [6, 6.07) is 3.71. The average Bonchev–Trinajstić information content (AvgIpc) is 2.42. The predicted octanol–water partition coefficient (Wildman–Crippen LogP) is 4.69. The second-order valence-corrected chi connectivity index (χ2v) is 7.76. The molecule has 0 bridgehead atoms. The lowest BCUT2D eigenvalue weighted by atomic mass is 9.62. The van der Waals surface area contributed by atoms with Gasteiger partial charge in [0.05, 0.1) is 0 Å². The van der Waals surface area contributed by atoms with Gasteiger partial charge in [0.2, 0.25) is 0 Å². The third kappa shape index (κ3) is 3.82. The SMILES string of the molecule is CC(C)(C)C1CCC(CN)(Cc2cc(F)ccc2F)CC1. The zero-order valence-corrected chi connectivity index (χ0v) is 13.4. The van der Waals surface area contributed by atoms with Crippen LogP contribution in [0.5, 0.6) is 0 Å². The molecule has 0 atom stereocenters. The maximum Gasteiger partial charge on any atom is 0.126 e. The zero-order chi connectivity index (χ0) is 15.7. The van der Waals surface area contributed by atoms with Crippen molar-refractivity contribution in [2.24, 2.45) is 22.5 Å². The number of halogens is 2. The van der Waals surface area contributed by atoms with E-state index >= 15 is 0 Å². The maximum atomic E-state index is 13.9. The van der Waals surface area contributed by atoms with Crippen molar-refractivity contribution in [1.82, 2.24) is 0 Å². The van der Waals surface area contributed by atoms with Crippen molar-refractivity contribution in [3.05, 3.63) is 35.4 Å². The molecule has 0 unspecified atom stereocenters. The van der Waals surface area contributed by atoms with E-state index < -0.39 is 0 Å². The van der Waals surface area contributed by atoms with Gasteiger partial charge in [0.25, 0.3) is 0 Å². The molecule has 118 valence electrons. The molecule has 1 aliphatic carbocycles. The fourth-order valence-electron chi connectivity index (χ4n) is 3.63. The Hall–Kier alpha value is -0.960. The molecule has 1 aliphatic rings. The summed E-state index contributed by atoms with van der Waals surface area (Å²) in [6.07, 6.45) is 4.79. The van der Waals surface area contributed by atoms with Crippen molar-refractivity contribution >= 4 is 0 Å². The molecule has 2 N–H and O–H groups in total. The lowest BCUT2D eigenvalue weighted by Gasteiger charge is -2.44. The summed E-state index contributed by atoms with van der Waals surface area (Å²) >= 11 is 0. The molecule has 2 rings (SSSR count). The Morgan fingerprint density at radius 3 is 2.33 bits per heavy atom. The smallest absolute Gasteiger partial charge is 0.126 e. The van der Waals surface area contributed by atoms with E-state index in [4.69, 9.17) is 5.73 Å². The van der Waals surface area contributed by atoms with Crippen molar-refractivity contribution in [2.75, 3.05) is 6.54 Å². The van der Waals surface area contributed by atoms with Crippen molar-refractivity contribution in [1.29, 1.82) is 0 Å². The summed E-state index contributed by atoms with van der Waals surface area (Å²) in [4.78, 5) is 0. The van der Waals surface area contributed by atoms with Gasteiger partial charge in [-0.15, -0.1) is 0 Å². The number of rotatable bonds is 3. The number of hydrogen-bond donors (Lipinski definition) is 1. The van der Waals surface area contributed by atoms with Gasteiger partial charge in [-0.25, -0.2) is 8.78 Å². The molecular formula is C18H27F2N. The minimum Gasteiger partial charge on any atom is -0.330 e. The van der Waals surface area contributed by atoms with Crippen LogP contribution in [-0.4, -0.2) is 6.54 Å². The molecule has 0 amide bonds.